The van der Waals surface area contributed by atoms with Crippen molar-refractivity contribution in [1.82, 2.24) is 10.3 Å². The molecule has 2 nitrogen and oxygen atoms in total. The Morgan fingerprint density at radius 2 is 2.33 bits per heavy atom. The Labute approximate surface area is 117 Å². The summed E-state index contributed by atoms with van der Waals surface area (Å²) in [6, 6.07) is 6.43. The first kappa shape index (κ1) is 13.6. The summed E-state index contributed by atoms with van der Waals surface area (Å²) in [5, 5.41) is 6.60. The first-order valence-electron chi connectivity index (χ1n) is 6.17. The van der Waals surface area contributed by atoms with E-state index in [-0.39, 0.29) is 0 Å². The summed E-state index contributed by atoms with van der Waals surface area (Å²) in [5.41, 5.74) is 2.51. The maximum Gasteiger partial charge on any atom is 0.104 e. The molecule has 96 valence electrons. The molecule has 2 rings (SSSR count). The molecule has 0 spiro atoms. The van der Waals surface area contributed by atoms with E-state index in [9.17, 15) is 0 Å². The van der Waals surface area contributed by atoms with Gasteiger partial charge in [-0.1, -0.05) is 30.8 Å². The molecule has 0 bridgehead atoms. The van der Waals surface area contributed by atoms with Gasteiger partial charge in [-0.25, -0.2) is 4.98 Å². The molecular weight excluding hydrogens is 260 g/mol. The zero-order chi connectivity index (χ0) is 12.8. The van der Waals surface area contributed by atoms with Crippen LogP contribution >= 0.6 is 23.1 Å². The molecule has 0 aromatic carbocycles. The Morgan fingerprint density at radius 1 is 1.44 bits per heavy atom. The van der Waals surface area contributed by atoms with E-state index in [2.05, 4.69) is 47.7 Å². The molecule has 4 heteroatoms. The first-order valence-corrected chi connectivity index (χ1v) is 7.87. The highest BCUT2D eigenvalue weighted by Crippen LogP contribution is 2.31. The molecule has 0 fully saturated rings. The highest BCUT2D eigenvalue weighted by atomic mass is 32.2. The topological polar surface area (TPSA) is 24.9 Å². The number of hydrogen-bond donors (Lipinski definition) is 1. The summed E-state index contributed by atoms with van der Waals surface area (Å²) >= 11 is 3.50. The lowest BCUT2D eigenvalue weighted by Crippen LogP contribution is -2.14. The summed E-state index contributed by atoms with van der Waals surface area (Å²) < 4.78 is 1.29. The third kappa shape index (κ3) is 3.83. The van der Waals surface area contributed by atoms with E-state index in [1.807, 2.05) is 6.20 Å². The van der Waals surface area contributed by atoms with Crippen LogP contribution in [-0.2, 0) is 6.54 Å². The molecule has 0 radical (unpaired) electrons. The fourth-order valence-electron chi connectivity index (χ4n) is 1.65. The number of nitrogens with one attached hydrogen (secondary N) is 1. The first-order chi connectivity index (χ1) is 8.79. The third-order valence-corrected chi connectivity index (χ3v) is 4.69. The average Bonchev–Trinajstić information content (AvgIpc) is 2.86. The Kier molecular flexibility index (Phi) is 5.23. The lowest BCUT2D eigenvalue weighted by molar-refractivity contribution is 0.672. The van der Waals surface area contributed by atoms with Crippen molar-refractivity contribution in [3.63, 3.8) is 0 Å². The maximum absolute atomic E-state index is 4.56. The van der Waals surface area contributed by atoms with Crippen LogP contribution in [0.4, 0.5) is 0 Å². The number of aryl methyl sites for hydroxylation is 1. The van der Waals surface area contributed by atoms with Crippen LogP contribution in [0.3, 0.4) is 0 Å². The highest BCUT2D eigenvalue weighted by Gasteiger charge is 2.04. The van der Waals surface area contributed by atoms with Crippen molar-refractivity contribution in [1.29, 1.82) is 0 Å². The zero-order valence-corrected chi connectivity index (χ0v) is 12.4. The number of thiophene rings is 1. The molecule has 18 heavy (non-hydrogen) atoms. The Balaban J connectivity index is 2.01. The predicted molar refractivity (Wildman–Crippen MR) is 79.4 cm³/mol. The van der Waals surface area contributed by atoms with Gasteiger partial charge in [0, 0.05) is 12.7 Å². The van der Waals surface area contributed by atoms with Gasteiger partial charge in [0.1, 0.15) is 5.03 Å². The van der Waals surface area contributed by atoms with Crippen molar-refractivity contribution in [2.24, 2.45) is 0 Å². The number of rotatable bonds is 6. The second-order valence-electron chi connectivity index (χ2n) is 4.18. The van der Waals surface area contributed by atoms with E-state index < -0.39 is 0 Å². The standard InChI is InChI=1S/C14H18N2S2/c1-3-6-15-9-12-8-11(2)14(16-10-12)18-13-5-4-7-17-13/h4-5,7-8,10,15H,3,6,9H2,1-2H3. The fraction of sp³-hybridized carbons (Fsp3) is 0.357. The Hall–Kier alpha value is -0.840. The zero-order valence-electron chi connectivity index (χ0n) is 10.8. The minimum absolute atomic E-state index is 0.908. The van der Waals surface area contributed by atoms with Gasteiger partial charge < -0.3 is 5.32 Å². The molecular formula is C14H18N2S2. The quantitative estimate of drug-likeness (QED) is 0.805. The van der Waals surface area contributed by atoms with Crippen LogP contribution in [-0.4, -0.2) is 11.5 Å². The van der Waals surface area contributed by atoms with Gasteiger partial charge in [-0.15, -0.1) is 11.3 Å². The summed E-state index contributed by atoms with van der Waals surface area (Å²) in [5.74, 6) is 0. The normalized spacial score (nSPS) is 10.8. The van der Waals surface area contributed by atoms with Crippen molar-refractivity contribution in [2.45, 2.75) is 36.0 Å². The lowest BCUT2D eigenvalue weighted by Gasteiger charge is -2.07. The Morgan fingerprint density at radius 3 is 3.00 bits per heavy atom. The molecule has 0 aliphatic rings. The van der Waals surface area contributed by atoms with Crippen LogP contribution in [0.15, 0.2) is 39.0 Å². The van der Waals surface area contributed by atoms with Gasteiger partial charge in [-0.3, -0.25) is 0 Å². The summed E-state index contributed by atoms with van der Waals surface area (Å²) in [6.45, 7) is 6.28. The largest absolute Gasteiger partial charge is 0.313 e. The minimum Gasteiger partial charge on any atom is -0.313 e. The van der Waals surface area contributed by atoms with Crippen LogP contribution in [0.2, 0.25) is 0 Å². The molecule has 0 saturated heterocycles. The molecule has 0 aliphatic heterocycles. The Bertz CT molecular complexity index is 481. The molecule has 0 amide bonds. The van der Waals surface area contributed by atoms with E-state index in [1.165, 1.54) is 21.8 Å². The maximum atomic E-state index is 4.56. The van der Waals surface area contributed by atoms with Gasteiger partial charge >= 0.3 is 0 Å². The smallest absolute Gasteiger partial charge is 0.104 e. The van der Waals surface area contributed by atoms with Crippen LogP contribution in [0, 0.1) is 6.92 Å². The lowest BCUT2D eigenvalue weighted by atomic mass is 10.2. The number of nitrogens with zero attached hydrogens (tertiary/aromatic N) is 1. The fourth-order valence-corrected chi connectivity index (χ4v) is 3.36. The van der Waals surface area contributed by atoms with Gasteiger partial charge in [0.05, 0.1) is 4.21 Å². The van der Waals surface area contributed by atoms with Crippen LogP contribution in [0.25, 0.3) is 0 Å². The van der Waals surface area contributed by atoms with Crippen LogP contribution < -0.4 is 5.32 Å². The molecule has 0 saturated carbocycles. The van der Waals surface area contributed by atoms with Gasteiger partial charge in [0.2, 0.25) is 0 Å². The second-order valence-corrected chi connectivity index (χ2v) is 6.41. The van der Waals surface area contributed by atoms with Gasteiger partial charge in [-0.2, -0.15) is 0 Å². The number of hydrogen-bond acceptors (Lipinski definition) is 4. The van der Waals surface area contributed by atoms with Gasteiger partial charge in [-0.05, 0) is 42.5 Å². The molecule has 0 unspecified atom stereocenters. The van der Waals surface area contributed by atoms with Crippen LogP contribution in [0.5, 0.6) is 0 Å². The van der Waals surface area contributed by atoms with E-state index in [4.69, 9.17) is 0 Å². The van der Waals surface area contributed by atoms with Crippen molar-refractivity contribution in [3.05, 3.63) is 40.9 Å². The van der Waals surface area contributed by atoms with Crippen molar-refractivity contribution in [2.75, 3.05) is 6.54 Å². The van der Waals surface area contributed by atoms with E-state index in [1.54, 1.807) is 23.1 Å². The van der Waals surface area contributed by atoms with E-state index in [0.29, 0.717) is 0 Å². The summed E-state index contributed by atoms with van der Waals surface area (Å²) in [4.78, 5) is 4.56. The average molecular weight is 278 g/mol. The summed E-state index contributed by atoms with van der Waals surface area (Å²) in [6.07, 6.45) is 3.14. The molecule has 2 aromatic heterocycles. The SMILES string of the molecule is CCCNCc1cnc(Sc2cccs2)c(C)c1. The molecule has 0 atom stereocenters. The highest BCUT2D eigenvalue weighted by molar-refractivity contribution is 8.01. The van der Waals surface area contributed by atoms with Crippen LogP contribution in [0.1, 0.15) is 24.5 Å². The predicted octanol–water partition coefficient (Wildman–Crippen LogP) is 4.10. The number of pyridine rings is 1. The van der Waals surface area contributed by atoms with Gasteiger partial charge in [0.15, 0.2) is 0 Å². The van der Waals surface area contributed by atoms with Crippen molar-refractivity contribution >= 4 is 23.1 Å². The monoisotopic (exact) mass is 278 g/mol. The summed E-state index contributed by atoms with van der Waals surface area (Å²) in [7, 11) is 0. The minimum atomic E-state index is 0.908. The molecule has 0 aliphatic carbocycles. The van der Waals surface area contributed by atoms with Crippen molar-refractivity contribution in [3.8, 4) is 0 Å². The van der Waals surface area contributed by atoms with Gasteiger partial charge in [0.25, 0.3) is 0 Å². The molecule has 2 heterocycles. The number of aromatic nitrogens is 1. The second kappa shape index (κ2) is 6.92. The van der Waals surface area contributed by atoms with Crippen molar-refractivity contribution < 1.29 is 0 Å². The molecule has 2 aromatic rings. The van der Waals surface area contributed by atoms with E-state index in [0.717, 1.165) is 18.1 Å². The van der Waals surface area contributed by atoms with E-state index >= 15 is 0 Å². The third-order valence-electron chi connectivity index (χ3n) is 2.54. The molecule has 1 N–H and O–H groups in total.